The molecule has 0 unspecified atom stereocenters. The maximum Gasteiger partial charge on any atom is 0.319 e. The first kappa shape index (κ1) is 11.2. The average molecular weight is 173 g/mol. The molecule has 2 N–H and O–H groups in total. The molecule has 1 aliphatic rings. The van der Waals surface area contributed by atoms with Crippen molar-refractivity contribution in [1.29, 1.82) is 0 Å². The van der Waals surface area contributed by atoms with E-state index in [1.807, 2.05) is 27.9 Å². The van der Waals surface area contributed by atoms with Gasteiger partial charge in [0.15, 0.2) is 0 Å². The Balaban J connectivity index is 0.000000261. The average Bonchev–Trinajstić information content (AvgIpc) is 2.19. The first-order valence-electron chi connectivity index (χ1n) is 4.17. The van der Waals surface area contributed by atoms with Gasteiger partial charge in [0.2, 0.25) is 0 Å². The second-order valence-corrected chi connectivity index (χ2v) is 3.37. The van der Waals surface area contributed by atoms with Gasteiger partial charge in [0.05, 0.1) is 0 Å². The highest BCUT2D eigenvalue weighted by Gasteiger charge is 2.20. The summed E-state index contributed by atoms with van der Waals surface area (Å²) in [6.07, 6.45) is 0. The Morgan fingerprint density at radius 1 is 1.25 bits per heavy atom. The molecule has 0 aliphatic carbocycles. The van der Waals surface area contributed by atoms with Crippen molar-refractivity contribution >= 4 is 6.03 Å². The molecule has 0 saturated carbocycles. The lowest BCUT2D eigenvalue weighted by Crippen LogP contribution is -2.25. The summed E-state index contributed by atoms with van der Waals surface area (Å²) < 4.78 is 0. The number of nitrogens with two attached hydrogens (primary N) is 1. The fourth-order valence-corrected chi connectivity index (χ4v) is 0.783. The second kappa shape index (κ2) is 4.98. The summed E-state index contributed by atoms with van der Waals surface area (Å²) in [6.45, 7) is 5.63. The van der Waals surface area contributed by atoms with Crippen LogP contribution in [0.2, 0.25) is 0 Å². The SMILES string of the molecule is CC(C)N.CN1CCN(C)C1=O. The zero-order valence-electron chi connectivity index (χ0n) is 8.37. The summed E-state index contributed by atoms with van der Waals surface area (Å²) in [4.78, 5) is 14.2. The van der Waals surface area contributed by atoms with Crippen LogP contribution >= 0.6 is 0 Å². The summed E-state index contributed by atoms with van der Waals surface area (Å²) in [5.41, 5.74) is 5.11. The number of nitrogens with zero attached hydrogens (tertiary/aromatic N) is 2. The molecule has 2 amide bonds. The van der Waals surface area contributed by atoms with E-state index in [-0.39, 0.29) is 6.03 Å². The molecule has 1 saturated heterocycles. The van der Waals surface area contributed by atoms with Crippen molar-refractivity contribution in [2.45, 2.75) is 19.9 Å². The monoisotopic (exact) mass is 173 g/mol. The maximum absolute atomic E-state index is 10.8. The third-order valence-corrected chi connectivity index (χ3v) is 1.42. The number of hydrogen-bond acceptors (Lipinski definition) is 2. The standard InChI is InChI=1S/C5H10N2O.C3H9N/c1-6-3-4-7(2)5(6)8;1-3(2)4/h3-4H2,1-2H3;3H,4H2,1-2H3. The van der Waals surface area contributed by atoms with Crippen molar-refractivity contribution in [3.05, 3.63) is 0 Å². The molecule has 0 aromatic rings. The van der Waals surface area contributed by atoms with Crippen LogP contribution in [-0.2, 0) is 0 Å². The Hall–Kier alpha value is -0.770. The normalized spacial score (nSPS) is 16.7. The number of carbonyl (C=O) groups is 1. The molecular weight excluding hydrogens is 154 g/mol. The van der Waals surface area contributed by atoms with E-state index < -0.39 is 0 Å². The lowest BCUT2D eigenvalue weighted by atomic mass is 10.5. The molecule has 0 atom stereocenters. The van der Waals surface area contributed by atoms with E-state index in [1.54, 1.807) is 9.80 Å². The molecule has 0 spiro atoms. The molecule has 0 aromatic heterocycles. The Kier molecular flexibility index (Phi) is 4.66. The van der Waals surface area contributed by atoms with Crippen LogP contribution in [0.25, 0.3) is 0 Å². The van der Waals surface area contributed by atoms with Crippen molar-refractivity contribution in [2.24, 2.45) is 5.73 Å². The van der Waals surface area contributed by atoms with E-state index in [0.29, 0.717) is 6.04 Å². The van der Waals surface area contributed by atoms with Gasteiger partial charge in [0.1, 0.15) is 0 Å². The van der Waals surface area contributed by atoms with E-state index in [1.165, 1.54) is 0 Å². The van der Waals surface area contributed by atoms with Crippen LogP contribution in [0.1, 0.15) is 13.8 Å². The number of rotatable bonds is 0. The summed E-state index contributed by atoms with van der Waals surface area (Å²) >= 11 is 0. The predicted molar refractivity (Wildman–Crippen MR) is 50.0 cm³/mol. The molecule has 0 bridgehead atoms. The smallest absolute Gasteiger partial charge is 0.319 e. The largest absolute Gasteiger partial charge is 0.328 e. The van der Waals surface area contributed by atoms with Gasteiger partial charge in [-0.25, -0.2) is 4.79 Å². The summed E-state index contributed by atoms with van der Waals surface area (Å²) in [6, 6.07) is 0.463. The van der Waals surface area contributed by atoms with Crippen LogP contribution in [-0.4, -0.2) is 49.1 Å². The summed E-state index contributed by atoms with van der Waals surface area (Å²) in [5.74, 6) is 0. The van der Waals surface area contributed by atoms with E-state index in [9.17, 15) is 4.79 Å². The Bertz CT molecular complexity index is 132. The van der Waals surface area contributed by atoms with Gasteiger partial charge in [-0.1, -0.05) is 13.8 Å². The fraction of sp³-hybridized carbons (Fsp3) is 0.875. The van der Waals surface area contributed by atoms with E-state index in [2.05, 4.69) is 0 Å². The third kappa shape index (κ3) is 4.18. The van der Waals surface area contributed by atoms with Crippen LogP contribution in [0.15, 0.2) is 0 Å². The highest BCUT2D eigenvalue weighted by atomic mass is 16.2. The highest BCUT2D eigenvalue weighted by Crippen LogP contribution is 2.00. The van der Waals surface area contributed by atoms with Crippen LogP contribution in [0.3, 0.4) is 0 Å². The molecular formula is C8H19N3O. The molecule has 4 heteroatoms. The summed E-state index contributed by atoms with van der Waals surface area (Å²) in [5, 5.41) is 0. The minimum Gasteiger partial charge on any atom is -0.328 e. The summed E-state index contributed by atoms with van der Waals surface area (Å²) in [7, 11) is 3.62. The van der Waals surface area contributed by atoms with Crippen LogP contribution in [0.5, 0.6) is 0 Å². The minimum absolute atomic E-state index is 0.130. The zero-order valence-corrected chi connectivity index (χ0v) is 8.37. The van der Waals surface area contributed by atoms with E-state index in [4.69, 9.17) is 5.73 Å². The molecule has 4 nitrogen and oxygen atoms in total. The van der Waals surface area contributed by atoms with Crippen molar-refractivity contribution in [3.8, 4) is 0 Å². The van der Waals surface area contributed by atoms with Crippen LogP contribution < -0.4 is 5.73 Å². The fourth-order valence-electron chi connectivity index (χ4n) is 0.783. The van der Waals surface area contributed by atoms with Gasteiger partial charge in [0.25, 0.3) is 0 Å². The molecule has 72 valence electrons. The van der Waals surface area contributed by atoms with Gasteiger partial charge in [-0.15, -0.1) is 0 Å². The van der Waals surface area contributed by atoms with Crippen molar-refractivity contribution in [2.75, 3.05) is 27.2 Å². The predicted octanol–water partition coefficient (Wildman–Crippen LogP) is 0.337. The number of likely N-dealkylation sites (N-methyl/N-ethyl adjacent to an activating group) is 2. The van der Waals surface area contributed by atoms with Gasteiger partial charge < -0.3 is 15.5 Å². The van der Waals surface area contributed by atoms with Crippen LogP contribution in [0.4, 0.5) is 4.79 Å². The Labute approximate surface area is 74.3 Å². The van der Waals surface area contributed by atoms with Crippen molar-refractivity contribution in [1.82, 2.24) is 9.80 Å². The molecule has 0 radical (unpaired) electrons. The van der Waals surface area contributed by atoms with Crippen LogP contribution in [0, 0.1) is 0 Å². The first-order valence-corrected chi connectivity index (χ1v) is 4.17. The van der Waals surface area contributed by atoms with Gasteiger partial charge >= 0.3 is 6.03 Å². The van der Waals surface area contributed by atoms with Crippen molar-refractivity contribution in [3.63, 3.8) is 0 Å². The van der Waals surface area contributed by atoms with E-state index >= 15 is 0 Å². The van der Waals surface area contributed by atoms with Gasteiger partial charge in [-0.05, 0) is 6.04 Å². The zero-order chi connectivity index (χ0) is 9.72. The lowest BCUT2D eigenvalue weighted by Gasteiger charge is -2.07. The molecule has 1 heterocycles. The quantitative estimate of drug-likeness (QED) is 0.574. The third-order valence-electron chi connectivity index (χ3n) is 1.42. The number of hydrogen-bond donors (Lipinski definition) is 1. The number of carbonyl (C=O) groups excluding carboxylic acids is 1. The Morgan fingerprint density at radius 2 is 1.50 bits per heavy atom. The van der Waals surface area contributed by atoms with E-state index in [0.717, 1.165) is 13.1 Å². The molecule has 0 aromatic carbocycles. The minimum atomic E-state index is 0.130. The van der Waals surface area contributed by atoms with Gasteiger partial charge in [0, 0.05) is 27.2 Å². The maximum atomic E-state index is 10.8. The van der Waals surface area contributed by atoms with Crippen molar-refractivity contribution < 1.29 is 4.79 Å². The Morgan fingerprint density at radius 3 is 1.58 bits per heavy atom. The molecule has 1 fully saturated rings. The first-order chi connectivity index (χ1) is 5.45. The molecule has 1 rings (SSSR count). The highest BCUT2D eigenvalue weighted by molar-refractivity contribution is 5.75. The second-order valence-electron chi connectivity index (χ2n) is 3.37. The topological polar surface area (TPSA) is 49.6 Å². The van der Waals surface area contributed by atoms with Gasteiger partial charge in [-0.2, -0.15) is 0 Å². The molecule has 1 aliphatic heterocycles. The number of amides is 2. The number of urea groups is 1. The van der Waals surface area contributed by atoms with Gasteiger partial charge in [-0.3, -0.25) is 0 Å². The lowest BCUT2D eigenvalue weighted by molar-refractivity contribution is 0.205. The molecule has 12 heavy (non-hydrogen) atoms.